The van der Waals surface area contributed by atoms with Crippen LogP contribution in [0.1, 0.15) is 19.4 Å². The second-order valence-corrected chi connectivity index (χ2v) is 4.09. The molecule has 2 N–H and O–H groups in total. The number of benzene rings is 1. The highest BCUT2D eigenvalue weighted by atomic mass is 19.4. The standard InChI is InChI=1S/C11H14F3NO/c1-10(2,7-15)16-9-5-3-4-8(6-9)11(12,13)14/h3-6H,7,15H2,1-2H3. The molecule has 0 aromatic heterocycles. The maximum Gasteiger partial charge on any atom is 0.416 e. The Balaban J connectivity index is 2.92. The molecule has 0 radical (unpaired) electrons. The third kappa shape index (κ3) is 3.41. The Morgan fingerprint density at radius 2 is 1.88 bits per heavy atom. The summed E-state index contributed by atoms with van der Waals surface area (Å²) in [5.41, 5.74) is 4.03. The average molecular weight is 233 g/mol. The van der Waals surface area contributed by atoms with E-state index in [1.807, 2.05) is 0 Å². The number of hydrogen-bond donors (Lipinski definition) is 1. The van der Waals surface area contributed by atoms with Gasteiger partial charge in [0.25, 0.3) is 0 Å². The van der Waals surface area contributed by atoms with Gasteiger partial charge in [-0.15, -0.1) is 0 Å². The van der Waals surface area contributed by atoms with Crippen molar-refractivity contribution < 1.29 is 17.9 Å². The molecule has 16 heavy (non-hydrogen) atoms. The molecule has 0 fully saturated rings. The zero-order chi connectivity index (χ0) is 12.4. The molecule has 0 aliphatic rings. The number of nitrogens with two attached hydrogens (primary N) is 1. The van der Waals surface area contributed by atoms with Gasteiger partial charge in [0.1, 0.15) is 11.4 Å². The molecule has 1 rings (SSSR count). The lowest BCUT2D eigenvalue weighted by Gasteiger charge is -2.25. The van der Waals surface area contributed by atoms with Gasteiger partial charge < -0.3 is 10.5 Å². The summed E-state index contributed by atoms with van der Waals surface area (Å²) in [6.07, 6.45) is -4.35. The molecule has 90 valence electrons. The monoisotopic (exact) mass is 233 g/mol. The Morgan fingerprint density at radius 1 is 1.25 bits per heavy atom. The first kappa shape index (κ1) is 12.8. The average Bonchev–Trinajstić information content (AvgIpc) is 2.16. The summed E-state index contributed by atoms with van der Waals surface area (Å²) in [6.45, 7) is 3.66. The van der Waals surface area contributed by atoms with Crippen LogP contribution in [0.2, 0.25) is 0 Å². The smallest absolute Gasteiger partial charge is 0.416 e. The van der Waals surface area contributed by atoms with E-state index >= 15 is 0 Å². The van der Waals surface area contributed by atoms with Crippen molar-refractivity contribution in [2.24, 2.45) is 5.73 Å². The molecule has 2 nitrogen and oxygen atoms in total. The summed E-state index contributed by atoms with van der Waals surface area (Å²) in [5.74, 6) is 0.172. The van der Waals surface area contributed by atoms with Crippen LogP contribution in [0.4, 0.5) is 13.2 Å². The summed E-state index contributed by atoms with van der Waals surface area (Å²) >= 11 is 0. The molecule has 0 spiro atoms. The van der Waals surface area contributed by atoms with Crippen LogP contribution in [0, 0.1) is 0 Å². The minimum Gasteiger partial charge on any atom is -0.487 e. The lowest BCUT2D eigenvalue weighted by molar-refractivity contribution is -0.137. The molecular formula is C11H14F3NO. The second-order valence-electron chi connectivity index (χ2n) is 4.09. The van der Waals surface area contributed by atoms with E-state index in [4.69, 9.17) is 10.5 Å². The molecule has 0 bridgehead atoms. The lowest BCUT2D eigenvalue weighted by Crippen LogP contribution is -2.37. The van der Waals surface area contributed by atoms with Crippen LogP contribution in [-0.2, 0) is 6.18 Å². The summed E-state index contributed by atoms with van der Waals surface area (Å²) in [7, 11) is 0. The van der Waals surface area contributed by atoms with E-state index in [9.17, 15) is 13.2 Å². The molecule has 0 aliphatic carbocycles. The highest BCUT2D eigenvalue weighted by Crippen LogP contribution is 2.32. The number of rotatable bonds is 3. The Labute approximate surface area is 92.2 Å². The zero-order valence-electron chi connectivity index (χ0n) is 9.14. The van der Waals surface area contributed by atoms with Gasteiger partial charge >= 0.3 is 6.18 Å². The van der Waals surface area contributed by atoms with Crippen molar-refractivity contribution in [2.75, 3.05) is 6.54 Å². The number of alkyl halides is 3. The first-order chi connectivity index (χ1) is 7.24. The highest BCUT2D eigenvalue weighted by Gasteiger charge is 2.31. The van der Waals surface area contributed by atoms with Gasteiger partial charge in [0.15, 0.2) is 0 Å². The Morgan fingerprint density at radius 3 is 2.38 bits per heavy atom. The predicted molar refractivity (Wildman–Crippen MR) is 55.2 cm³/mol. The van der Waals surface area contributed by atoms with Crippen molar-refractivity contribution >= 4 is 0 Å². The van der Waals surface area contributed by atoms with E-state index in [1.165, 1.54) is 12.1 Å². The largest absolute Gasteiger partial charge is 0.487 e. The third-order valence-electron chi connectivity index (χ3n) is 2.05. The maximum absolute atomic E-state index is 12.4. The molecule has 0 aliphatic heterocycles. The fourth-order valence-corrected chi connectivity index (χ4v) is 1.10. The number of hydrogen-bond acceptors (Lipinski definition) is 2. The second kappa shape index (κ2) is 4.33. The number of halogens is 3. The van der Waals surface area contributed by atoms with E-state index in [2.05, 4.69) is 0 Å². The summed E-state index contributed by atoms with van der Waals surface area (Å²) in [4.78, 5) is 0. The molecule has 1 aromatic carbocycles. The Bertz CT molecular complexity index is 360. The fourth-order valence-electron chi connectivity index (χ4n) is 1.10. The molecule has 0 heterocycles. The Hall–Kier alpha value is -1.23. The van der Waals surface area contributed by atoms with Gasteiger partial charge in [0.2, 0.25) is 0 Å². The van der Waals surface area contributed by atoms with Crippen molar-refractivity contribution in [3.63, 3.8) is 0 Å². The van der Waals surface area contributed by atoms with Crippen LogP contribution < -0.4 is 10.5 Å². The maximum atomic E-state index is 12.4. The molecule has 1 aromatic rings. The first-order valence-electron chi connectivity index (χ1n) is 4.81. The van der Waals surface area contributed by atoms with Gasteiger partial charge in [0.05, 0.1) is 5.56 Å². The van der Waals surface area contributed by atoms with Crippen LogP contribution in [-0.4, -0.2) is 12.1 Å². The Kier molecular flexibility index (Phi) is 3.48. The molecule has 0 unspecified atom stereocenters. The third-order valence-corrected chi connectivity index (χ3v) is 2.05. The van der Waals surface area contributed by atoms with E-state index in [0.717, 1.165) is 12.1 Å². The van der Waals surface area contributed by atoms with E-state index in [0.29, 0.717) is 0 Å². The molecule has 0 amide bonds. The highest BCUT2D eigenvalue weighted by molar-refractivity contribution is 5.30. The van der Waals surface area contributed by atoms with Crippen LogP contribution in [0.5, 0.6) is 5.75 Å². The fraction of sp³-hybridized carbons (Fsp3) is 0.455. The van der Waals surface area contributed by atoms with E-state index in [1.54, 1.807) is 13.8 Å². The van der Waals surface area contributed by atoms with Crippen molar-refractivity contribution in [1.29, 1.82) is 0 Å². The predicted octanol–water partition coefficient (Wildman–Crippen LogP) is 2.82. The quantitative estimate of drug-likeness (QED) is 0.871. The minimum absolute atomic E-state index is 0.172. The number of ether oxygens (including phenoxy) is 1. The van der Waals surface area contributed by atoms with Gasteiger partial charge in [0, 0.05) is 6.54 Å². The van der Waals surface area contributed by atoms with E-state index < -0.39 is 17.3 Å². The van der Waals surface area contributed by atoms with Crippen molar-refractivity contribution in [3.8, 4) is 5.75 Å². The van der Waals surface area contributed by atoms with E-state index in [-0.39, 0.29) is 12.3 Å². The van der Waals surface area contributed by atoms with Crippen molar-refractivity contribution in [3.05, 3.63) is 29.8 Å². The van der Waals surface area contributed by atoms with Gasteiger partial charge in [-0.25, -0.2) is 0 Å². The normalized spacial score (nSPS) is 12.6. The molecule has 0 atom stereocenters. The van der Waals surface area contributed by atoms with Crippen LogP contribution >= 0.6 is 0 Å². The molecular weight excluding hydrogens is 219 g/mol. The van der Waals surface area contributed by atoms with Crippen LogP contribution in [0.25, 0.3) is 0 Å². The van der Waals surface area contributed by atoms with Crippen LogP contribution in [0.3, 0.4) is 0 Å². The van der Waals surface area contributed by atoms with Gasteiger partial charge in [-0.2, -0.15) is 13.2 Å². The minimum atomic E-state index is -4.35. The topological polar surface area (TPSA) is 35.2 Å². The molecule has 0 saturated carbocycles. The summed E-state index contributed by atoms with van der Waals surface area (Å²) in [6, 6.07) is 4.76. The lowest BCUT2D eigenvalue weighted by atomic mass is 10.1. The van der Waals surface area contributed by atoms with Crippen molar-refractivity contribution in [1.82, 2.24) is 0 Å². The molecule has 5 heteroatoms. The SMILES string of the molecule is CC(C)(CN)Oc1cccc(C(F)(F)F)c1. The zero-order valence-corrected chi connectivity index (χ0v) is 9.14. The first-order valence-corrected chi connectivity index (χ1v) is 4.81. The van der Waals surface area contributed by atoms with Gasteiger partial charge in [-0.05, 0) is 32.0 Å². The van der Waals surface area contributed by atoms with Crippen molar-refractivity contribution in [2.45, 2.75) is 25.6 Å². The van der Waals surface area contributed by atoms with Gasteiger partial charge in [-0.3, -0.25) is 0 Å². The van der Waals surface area contributed by atoms with Gasteiger partial charge in [-0.1, -0.05) is 6.07 Å². The summed E-state index contributed by atoms with van der Waals surface area (Å²) in [5, 5.41) is 0. The summed E-state index contributed by atoms with van der Waals surface area (Å²) < 4.78 is 42.6. The van der Waals surface area contributed by atoms with Crippen LogP contribution in [0.15, 0.2) is 24.3 Å². The molecule has 0 saturated heterocycles.